The highest BCUT2D eigenvalue weighted by molar-refractivity contribution is 5.90. The lowest BCUT2D eigenvalue weighted by Gasteiger charge is -2.43. The van der Waals surface area contributed by atoms with Gasteiger partial charge in [-0.05, 0) is 200 Å². The molecule has 10 heterocycles. The summed E-state index contributed by atoms with van der Waals surface area (Å²) in [4.78, 5) is 131. The summed E-state index contributed by atoms with van der Waals surface area (Å²) in [5.74, 6) is -0.822. The minimum absolute atomic E-state index is 0.0331. The van der Waals surface area contributed by atoms with Crippen molar-refractivity contribution in [3.05, 3.63) is 151 Å². The Morgan fingerprint density at radius 1 is 0.500 bits per heavy atom. The Labute approximate surface area is 669 Å². The van der Waals surface area contributed by atoms with Gasteiger partial charge in [0.2, 0.25) is 11.8 Å². The number of piperidine rings is 4. The summed E-state index contributed by atoms with van der Waals surface area (Å²) >= 11 is 0. The van der Waals surface area contributed by atoms with Gasteiger partial charge in [-0.2, -0.15) is 10.2 Å². The van der Waals surface area contributed by atoms with Gasteiger partial charge in [-0.1, -0.05) is 102 Å². The van der Waals surface area contributed by atoms with E-state index in [9.17, 15) is 38.4 Å². The van der Waals surface area contributed by atoms with Crippen LogP contribution in [-0.2, 0) is 55.0 Å². The molecule has 8 aromatic rings. The van der Waals surface area contributed by atoms with E-state index >= 15 is 0 Å². The van der Waals surface area contributed by atoms with Gasteiger partial charge >= 0.3 is 24.0 Å². The Kier molecular flexibility index (Phi) is 27.7. The van der Waals surface area contributed by atoms with Crippen molar-refractivity contribution >= 4 is 79.4 Å². The molecule has 114 heavy (non-hydrogen) atoms. The van der Waals surface area contributed by atoms with E-state index in [0.717, 1.165) is 194 Å². The number of unbranched alkanes of at least 4 members (excludes halogenated alkanes) is 2. The number of benzene rings is 4. The Morgan fingerprint density at radius 3 is 1.39 bits per heavy atom. The smallest absolute Gasteiger partial charge is 0.318 e. The fraction of sp³-hybridized carbons (Fsp3) is 0.568. The third kappa shape index (κ3) is 20.4. The molecule has 14 rings (SSSR count). The molecule has 26 heteroatoms. The summed E-state index contributed by atoms with van der Waals surface area (Å²) in [5, 5.41) is 19.3. The van der Waals surface area contributed by atoms with Crippen LogP contribution < -0.4 is 21.8 Å². The molecule has 6 fully saturated rings. The molecule has 4 atom stereocenters. The van der Waals surface area contributed by atoms with Gasteiger partial charge in [0.15, 0.2) is 13.5 Å². The van der Waals surface area contributed by atoms with E-state index in [-0.39, 0.29) is 84.1 Å². The number of likely N-dealkylation sites (tertiary alicyclic amines) is 4. The number of nitrogens with zero attached hydrogens (tertiary/aromatic N) is 12. The van der Waals surface area contributed by atoms with Crippen LogP contribution in [0, 0.1) is 25.7 Å². The zero-order valence-corrected chi connectivity index (χ0v) is 68.3. The molecule has 6 saturated heterocycles. The van der Waals surface area contributed by atoms with Crippen molar-refractivity contribution in [3.63, 3.8) is 0 Å². The van der Waals surface area contributed by atoms with Gasteiger partial charge in [0.05, 0.1) is 29.1 Å². The number of amides is 6. The largest absolute Gasteiger partial charge is 0.442 e. The van der Waals surface area contributed by atoms with Gasteiger partial charge < -0.3 is 59.5 Å². The highest BCUT2D eigenvalue weighted by Crippen LogP contribution is 2.32. The number of para-hydroxylation sites is 2. The standard InChI is InChI=1S/2C44H60N8O5/c1-5-6-9-30(2)43(55)57-29-52-28-35-25-32(24-31(3)40(35)47-52)26-39(42(54)50-22-20-49(21-23-50)36-14-16-48(4)17-15-36)46-44(56)51-18-12-33(13-19-51)37-27-34-10-7-8-11-38(34)45-41(37)53;1-5-6-9-30(2)43(55)57-29-52-40-31(3)24-32(25-35(40)28-45-52)26-39(42(54)50-22-20-49(21-23-50)36-14-16-48(4)17-15-36)47-44(56)51-18-12-33(13-19-51)37-27-34-10-7-8-11-38(34)46-41(37)53/h7-8,10-11,24-25,27-28,30,33,36,39H,5-6,9,12-23,26,29H2,1-4H3,(H,45,53)(H,46,56);7-8,10-11,24-25,27-28,30,33,36,39H,5-6,9,12-23,26,29H2,1-4H3,(H,46,53)(H,47,56)/t2*30?,39-/m11/s1. The van der Waals surface area contributed by atoms with Gasteiger partial charge in [0.25, 0.3) is 11.1 Å². The molecule has 0 saturated carbocycles. The van der Waals surface area contributed by atoms with Crippen LogP contribution in [0.1, 0.15) is 163 Å². The molecule has 4 N–H and O–H groups in total. The lowest BCUT2D eigenvalue weighted by atomic mass is 9.89. The van der Waals surface area contributed by atoms with E-state index in [1.165, 1.54) is 0 Å². The number of ether oxygens (including phenoxy) is 2. The number of nitrogens with one attached hydrogen (secondary N) is 4. The molecule has 4 aromatic heterocycles. The average Bonchev–Trinajstić information content (AvgIpc) is 1.76. The molecule has 0 bridgehead atoms. The number of rotatable bonds is 24. The van der Waals surface area contributed by atoms with Crippen LogP contribution in [0.15, 0.2) is 107 Å². The molecule has 0 spiro atoms. The number of hydrogen-bond acceptors (Lipinski definition) is 16. The maximum Gasteiger partial charge on any atom is 0.318 e. The van der Waals surface area contributed by atoms with Crippen molar-refractivity contribution in [2.75, 3.05) is 119 Å². The summed E-state index contributed by atoms with van der Waals surface area (Å²) < 4.78 is 14.6. The number of aromatic amines is 2. The second-order valence-corrected chi connectivity index (χ2v) is 33.3. The zero-order chi connectivity index (χ0) is 80.1. The van der Waals surface area contributed by atoms with Crippen molar-refractivity contribution in [2.24, 2.45) is 11.8 Å². The number of urea groups is 2. The summed E-state index contributed by atoms with van der Waals surface area (Å²) in [6, 6.07) is 26.7. The number of piperazine rings is 2. The number of H-pyrrole nitrogens is 2. The van der Waals surface area contributed by atoms with Crippen molar-refractivity contribution in [1.82, 2.24) is 79.4 Å². The molecule has 6 amide bonds. The van der Waals surface area contributed by atoms with Gasteiger partial charge in [-0.15, -0.1) is 0 Å². The van der Waals surface area contributed by atoms with Gasteiger partial charge in [0, 0.05) is 143 Å². The Balaban J connectivity index is 0.000000199. The highest BCUT2D eigenvalue weighted by atomic mass is 16.5. The number of fused-ring (bicyclic) bond motifs is 4. The first-order valence-electron chi connectivity index (χ1n) is 42.2. The van der Waals surface area contributed by atoms with Crippen molar-refractivity contribution in [1.29, 1.82) is 0 Å². The first kappa shape index (κ1) is 82.5. The fourth-order valence-electron chi connectivity index (χ4n) is 18.0. The van der Waals surface area contributed by atoms with Gasteiger partial charge in [0.1, 0.15) is 12.1 Å². The molecule has 6 aliphatic heterocycles. The van der Waals surface area contributed by atoms with Gasteiger partial charge in [-0.3, -0.25) is 38.6 Å². The van der Waals surface area contributed by atoms with Crippen molar-refractivity contribution in [3.8, 4) is 0 Å². The minimum atomic E-state index is -0.758. The second kappa shape index (κ2) is 38.3. The third-order valence-corrected chi connectivity index (χ3v) is 25.1. The fourth-order valence-corrected chi connectivity index (χ4v) is 18.0. The number of aryl methyl sites for hydroxylation is 2. The highest BCUT2D eigenvalue weighted by Gasteiger charge is 2.37. The van der Waals surface area contributed by atoms with E-state index in [1.54, 1.807) is 25.4 Å². The van der Waals surface area contributed by atoms with E-state index < -0.39 is 12.1 Å². The van der Waals surface area contributed by atoms with Crippen LogP contribution >= 0.6 is 0 Å². The average molecular weight is 1560 g/mol. The molecule has 26 nitrogen and oxygen atoms in total. The molecule has 0 radical (unpaired) electrons. The molecule has 2 unspecified atom stereocenters. The Hall–Kier alpha value is -9.50. The predicted molar refractivity (Wildman–Crippen MR) is 444 cm³/mol. The molecular formula is C88H120N16O10. The van der Waals surface area contributed by atoms with Crippen LogP contribution in [0.5, 0.6) is 0 Å². The number of pyridine rings is 2. The number of carbonyl (C=O) groups is 6. The third-order valence-electron chi connectivity index (χ3n) is 25.1. The van der Waals surface area contributed by atoms with Crippen molar-refractivity contribution < 1.29 is 38.2 Å². The molecular weight excluding hydrogens is 1440 g/mol. The number of aromatic nitrogens is 6. The molecule has 612 valence electrons. The first-order valence-corrected chi connectivity index (χ1v) is 42.2. The topological polar surface area (TPSA) is 272 Å². The normalized spacial score (nSPS) is 18.9. The second-order valence-electron chi connectivity index (χ2n) is 33.3. The number of hydrogen-bond donors (Lipinski definition) is 4. The Morgan fingerprint density at radius 2 is 0.930 bits per heavy atom. The first-order chi connectivity index (χ1) is 55.1. The summed E-state index contributed by atoms with van der Waals surface area (Å²) in [6.07, 6.45) is 17.2. The van der Waals surface area contributed by atoms with Crippen LogP contribution in [0.25, 0.3) is 43.6 Å². The summed E-state index contributed by atoms with van der Waals surface area (Å²) in [7, 11) is 4.35. The lowest BCUT2D eigenvalue weighted by Crippen LogP contribution is -2.59. The zero-order valence-electron chi connectivity index (χ0n) is 68.3. The Bertz CT molecular complexity index is 4580. The van der Waals surface area contributed by atoms with E-state index in [4.69, 9.17) is 14.6 Å². The maximum absolute atomic E-state index is 14.4. The summed E-state index contributed by atoms with van der Waals surface area (Å²) in [6.45, 7) is 24.3. The van der Waals surface area contributed by atoms with Crippen molar-refractivity contribution in [2.45, 2.75) is 194 Å². The minimum Gasteiger partial charge on any atom is -0.442 e. The monoisotopic (exact) mass is 1560 g/mol. The number of esters is 2. The quantitative estimate of drug-likeness (QED) is 0.0410. The molecule has 6 aliphatic rings. The maximum atomic E-state index is 14.4. The van der Waals surface area contributed by atoms with Crippen LogP contribution in [0.2, 0.25) is 0 Å². The number of carbonyl (C=O) groups excluding carboxylic acids is 6. The summed E-state index contributed by atoms with van der Waals surface area (Å²) in [5.41, 5.74) is 8.41. The lowest BCUT2D eigenvalue weighted by molar-refractivity contribution is -0.153. The SMILES string of the molecule is CCCCC(C)C(=O)OCn1cc2cc(C[C@@H](NC(=O)N3CCC(c4cc5ccccc5[nH]c4=O)CC3)C(=O)N3CCN(C4CCN(C)CC4)CC3)cc(C)c2n1.CCCCC(C)C(=O)OCn1ncc2cc(C[C@@H](NC(=O)N3CCC(c4cc5ccccc5[nH]c4=O)CC3)C(=O)N3CCN(C4CCN(C)CC4)CC3)cc(C)c21. The van der Waals surface area contributed by atoms with Crippen LogP contribution in [-0.4, -0.2) is 248 Å². The van der Waals surface area contributed by atoms with Crippen LogP contribution in [0.4, 0.5) is 9.59 Å². The molecule has 4 aromatic carbocycles. The van der Waals surface area contributed by atoms with E-state index in [1.807, 2.05) is 129 Å². The molecule has 0 aliphatic carbocycles. The van der Waals surface area contributed by atoms with E-state index in [2.05, 4.69) is 73.2 Å². The predicted octanol–water partition coefficient (Wildman–Crippen LogP) is 10.5. The van der Waals surface area contributed by atoms with Gasteiger partial charge in [-0.25, -0.2) is 19.0 Å². The van der Waals surface area contributed by atoms with E-state index in [0.29, 0.717) is 103 Å². The van der Waals surface area contributed by atoms with Crippen LogP contribution in [0.3, 0.4) is 0 Å².